The summed E-state index contributed by atoms with van der Waals surface area (Å²) in [6, 6.07) is 9.47. The average molecular weight is 454 g/mol. The second kappa shape index (κ2) is 8.76. The van der Waals surface area contributed by atoms with Crippen molar-refractivity contribution in [1.82, 2.24) is 4.90 Å². The van der Waals surface area contributed by atoms with Crippen LogP contribution in [0.2, 0.25) is 0 Å². The molecule has 170 valence electrons. The quantitative estimate of drug-likeness (QED) is 0.546. The molecule has 0 N–H and O–H groups in total. The second-order valence-electron chi connectivity index (χ2n) is 9.61. The number of nitrogens with zero attached hydrogens (tertiary/aromatic N) is 1. The third-order valence-corrected chi connectivity index (χ3v) is 7.77. The first kappa shape index (κ1) is 24.1. The van der Waals surface area contributed by atoms with Crippen molar-refractivity contribution in [3.63, 3.8) is 0 Å². The molecule has 1 aliphatic carbocycles. The highest BCUT2D eigenvalue weighted by Gasteiger charge is 2.56. The van der Waals surface area contributed by atoms with Gasteiger partial charge in [-0.05, 0) is 61.1 Å². The minimum atomic E-state index is -0.587. The molecule has 1 aliphatic heterocycles. The molecule has 2 aromatic rings. The van der Waals surface area contributed by atoms with Gasteiger partial charge in [-0.3, -0.25) is 4.90 Å². The van der Waals surface area contributed by atoms with Crippen LogP contribution >= 0.6 is 12.4 Å². The maximum absolute atomic E-state index is 14.7. The second-order valence-corrected chi connectivity index (χ2v) is 9.61. The van der Waals surface area contributed by atoms with Crippen molar-refractivity contribution in [3.05, 3.63) is 70.5 Å². The lowest BCUT2D eigenvalue weighted by Crippen LogP contribution is -2.64. The van der Waals surface area contributed by atoms with Gasteiger partial charge in [-0.2, -0.15) is 0 Å². The summed E-state index contributed by atoms with van der Waals surface area (Å²) in [7, 11) is 0. The van der Waals surface area contributed by atoms with Gasteiger partial charge in [0.1, 0.15) is 17.5 Å². The minimum Gasteiger partial charge on any atom is -0.372 e. The number of rotatable bonds is 5. The molecule has 31 heavy (non-hydrogen) atoms. The topological polar surface area (TPSA) is 12.5 Å². The molecule has 4 rings (SSSR count). The zero-order valence-electron chi connectivity index (χ0n) is 18.6. The first-order valence-electron chi connectivity index (χ1n) is 10.7. The molecule has 0 saturated carbocycles. The molecule has 2 nitrogen and oxygen atoms in total. The Morgan fingerprint density at radius 1 is 1.03 bits per heavy atom. The standard InChI is InChI=1S/C25H30F3NO.ClH/c1-16(30-15-18-21(27)9-6-10-22(18)28)14-29-12-11-25(4)19-7-5-8-20(26)17(19)13-23(29)24(25,2)3;/h5-10,16,23H,11-15H2,1-4H3;1H/t16?,23-,25+;/m1./s1. The van der Waals surface area contributed by atoms with Crippen LogP contribution in [-0.2, 0) is 23.2 Å². The highest BCUT2D eigenvalue weighted by molar-refractivity contribution is 5.85. The molecule has 0 amide bonds. The molecule has 1 fully saturated rings. The normalized spacial score (nSPS) is 25.5. The summed E-state index contributed by atoms with van der Waals surface area (Å²) in [5.74, 6) is -1.30. The summed E-state index contributed by atoms with van der Waals surface area (Å²) >= 11 is 0. The van der Waals surface area contributed by atoms with E-state index in [1.807, 2.05) is 13.0 Å². The van der Waals surface area contributed by atoms with Crippen LogP contribution < -0.4 is 0 Å². The maximum atomic E-state index is 14.7. The Balaban J connectivity index is 0.00000272. The van der Waals surface area contributed by atoms with Crippen molar-refractivity contribution < 1.29 is 17.9 Å². The van der Waals surface area contributed by atoms with E-state index in [2.05, 4.69) is 31.7 Å². The van der Waals surface area contributed by atoms with Crippen LogP contribution in [0, 0.1) is 22.9 Å². The van der Waals surface area contributed by atoms with Crippen LogP contribution in [0.3, 0.4) is 0 Å². The van der Waals surface area contributed by atoms with E-state index in [-0.39, 0.29) is 53.4 Å². The van der Waals surface area contributed by atoms with Gasteiger partial charge in [0.2, 0.25) is 0 Å². The van der Waals surface area contributed by atoms with Gasteiger partial charge in [-0.25, -0.2) is 13.2 Å². The monoisotopic (exact) mass is 453 g/mol. The Morgan fingerprint density at radius 3 is 2.32 bits per heavy atom. The fourth-order valence-corrected chi connectivity index (χ4v) is 5.51. The van der Waals surface area contributed by atoms with Crippen LogP contribution in [0.15, 0.2) is 36.4 Å². The van der Waals surface area contributed by atoms with Crippen molar-refractivity contribution in [1.29, 1.82) is 0 Å². The average Bonchev–Trinajstić information content (AvgIpc) is 2.67. The molecule has 0 spiro atoms. The zero-order valence-corrected chi connectivity index (χ0v) is 19.4. The van der Waals surface area contributed by atoms with Gasteiger partial charge in [0.05, 0.1) is 12.7 Å². The zero-order chi connectivity index (χ0) is 21.7. The third kappa shape index (κ3) is 4.01. The Bertz CT molecular complexity index is 930. The molecule has 1 heterocycles. The van der Waals surface area contributed by atoms with Crippen molar-refractivity contribution in [2.24, 2.45) is 5.41 Å². The molecular weight excluding hydrogens is 423 g/mol. The number of ether oxygens (including phenoxy) is 1. The fourth-order valence-electron chi connectivity index (χ4n) is 5.51. The molecular formula is C25H31ClF3NO. The summed E-state index contributed by atoms with van der Waals surface area (Å²) in [4.78, 5) is 2.37. The largest absolute Gasteiger partial charge is 0.372 e. The van der Waals surface area contributed by atoms with Crippen LogP contribution in [0.5, 0.6) is 0 Å². The lowest BCUT2D eigenvalue weighted by atomic mass is 9.51. The van der Waals surface area contributed by atoms with Gasteiger partial charge in [0.25, 0.3) is 0 Å². The van der Waals surface area contributed by atoms with Crippen LogP contribution in [0.1, 0.15) is 50.8 Å². The van der Waals surface area contributed by atoms with Gasteiger partial charge < -0.3 is 4.74 Å². The molecule has 6 heteroatoms. The molecule has 2 aliphatic rings. The van der Waals surface area contributed by atoms with E-state index in [1.165, 1.54) is 18.2 Å². The molecule has 3 atom stereocenters. The van der Waals surface area contributed by atoms with E-state index in [0.717, 1.165) is 24.1 Å². The van der Waals surface area contributed by atoms with Crippen LogP contribution in [-0.4, -0.2) is 30.1 Å². The lowest BCUT2D eigenvalue weighted by molar-refractivity contribution is -0.0658. The van der Waals surface area contributed by atoms with E-state index >= 15 is 0 Å². The highest BCUT2D eigenvalue weighted by atomic mass is 35.5. The van der Waals surface area contributed by atoms with Gasteiger partial charge in [0.15, 0.2) is 0 Å². The SMILES string of the molecule is CC(CN1CC[C@@]2(C)c3cccc(F)c3C[C@@H]1C2(C)C)OCc1c(F)cccc1F.Cl. The van der Waals surface area contributed by atoms with E-state index in [1.54, 1.807) is 6.07 Å². The van der Waals surface area contributed by atoms with Gasteiger partial charge in [-0.1, -0.05) is 39.0 Å². The summed E-state index contributed by atoms with van der Waals surface area (Å²) in [5, 5.41) is 0. The molecule has 0 aromatic heterocycles. The molecule has 1 saturated heterocycles. The van der Waals surface area contributed by atoms with Gasteiger partial charge in [-0.15, -0.1) is 12.4 Å². The minimum absolute atomic E-state index is 0. The van der Waals surface area contributed by atoms with Crippen molar-refractivity contribution >= 4 is 12.4 Å². The number of fused-ring (bicyclic) bond motifs is 4. The van der Waals surface area contributed by atoms with Crippen molar-refractivity contribution in [2.75, 3.05) is 13.1 Å². The van der Waals surface area contributed by atoms with Gasteiger partial charge >= 0.3 is 0 Å². The van der Waals surface area contributed by atoms with Crippen molar-refractivity contribution in [3.8, 4) is 0 Å². The van der Waals surface area contributed by atoms with Crippen LogP contribution in [0.25, 0.3) is 0 Å². The molecule has 2 bridgehead atoms. The summed E-state index contributed by atoms with van der Waals surface area (Å²) in [6.07, 6.45) is 1.40. The Labute approximate surface area is 189 Å². The number of likely N-dealkylation sites (tertiary alicyclic amines) is 1. The predicted molar refractivity (Wildman–Crippen MR) is 119 cm³/mol. The van der Waals surface area contributed by atoms with Crippen molar-refractivity contribution in [2.45, 2.75) is 64.7 Å². The summed E-state index contributed by atoms with van der Waals surface area (Å²) < 4.78 is 48.2. The Hall–Kier alpha value is -1.56. The fraction of sp³-hybridized carbons (Fsp3) is 0.520. The molecule has 0 radical (unpaired) electrons. The van der Waals surface area contributed by atoms with E-state index < -0.39 is 11.6 Å². The number of hydrogen-bond donors (Lipinski definition) is 0. The van der Waals surface area contributed by atoms with E-state index in [0.29, 0.717) is 13.0 Å². The predicted octanol–water partition coefficient (Wildman–Crippen LogP) is 6.05. The summed E-state index contributed by atoms with van der Waals surface area (Å²) in [5.41, 5.74) is 1.80. The maximum Gasteiger partial charge on any atom is 0.131 e. The van der Waals surface area contributed by atoms with Crippen LogP contribution in [0.4, 0.5) is 13.2 Å². The molecule has 1 unspecified atom stereocenters. The number of halogens is 4. The first-order chi connectivity index (χ1) is 14.1. The van der Waals surface area contributed by atoms with Gasteiger partial charge in [0, 0.05) is 23.6 Å². The smallest absolute Gasteiger partial charge is 0.131 e. The molecule has 2 aromatic carbocycles. The number of hydrogen-bond acceptors (Lipinski definition) is 2. The Kier molecular flexibility index (Phi) is 6.81. The van der Waals surface area contributed by atoms with E-state index in [9.17, 15) is 13.2 Å². The van der Waals surface area contributed by atoms with E-state index in [4.69, 9.17) is 4.74 Å². The lowest BCUT2D eigenvalue weighted by Gasteiger charge is -2.61. The number of piperidine rings is 1. The number of benzene rings is 2. The Morgan fingerprint density at radius 2 is 1.65 bits per heavy atom. The first-order valence-corrected chi connectivity index (χ1v) is 10.7. The summed E-state index contributed by atoms with van der Waals surface area (Å²) in [6.45, 7) is 10.2. The highest BCUT2D eigenvalue weighted by Crippen LogP contribution is 2.56. The third-order valence-electron chi connectivity index (χ3n) is 7.77.